The second-order valence-electron chi connectivity index (χ2n) is 5.89. The predicted molar refractivity (Wildman–Crippen MR) is 100 cm³/mol. The van der Waals surface area contributed by atoms with Crippen molar-refractivity contribution in [2.45, 2.75) is 18.7 Å². The fourth-order valence-corrected chi connectivity index (χ4v) is 4.50. The molecule has 0 unspecified atom stereocenters. The lowest BCUT2D eigenvalue weighted by Gasteiger charge is -2.34. The Hall–Kier alpha value is -1.90. The van der Waals surface area contributed by atoms with Crippen molar-refractivity contribution in [1.29, 1.82) is 0 Å². The Balaban J connectivity index is 1.70. The molecule has 0 aliphatic carbocycles. The third-order valence-electron chi connectivity index (χ3n) is 4.13. The van der Waals surface area contributed by atoms with Gasteiger partial charge in [0.15, 0.2) is 0 Å². The van der Waals surface area contributed by atoms with E-state index in [1.807, 2.05) is 11.8 Å². The van der Waals surface area contributed by atoms with Crippen LogP contribution in [-0.4, -0.2) is 55.5 Å². The van der Waals surface area contributed by atoms with Crippen LogP contribution in [0.5, 0.6) is 5.75 Å². The van der Waals surface area contributed by atoms with E-state index in [9.17, 15) is 8.42 Å². The van der Waals surface area contributed by atoms with E-state index in [1.165, 1.54) is 4.31 Å². The molecule has 2 aromatic rings. The maximum Gasteiger partial charge on any atom is 0.243 e. The summed E-state index contributed by atoms with van der Waals surface area (Å²) in [6.07, 6.45) is 0. The number of anilines is 1. The predicted octanol–water partition coefficient (Wildman–Crippen LogP) is 2.35. The Labute approximate surface area is 158 Å². The monoisotopic (exact) mass is 396 g/mol. The molecule has 26 heavy (non-hydrogen) atoms. The Kier molecular flexibility index (Phi) is 5.64. The summed E-state index contributed by atoms with van der Waals surface area (Å²) in [5.41, 5.74) is 0. The quantitative estimate of drug-likeness (QED) is 0.722. The van der Waals surface area contributed by atoms with Gasteiger partial charge in [0.25, 0.3) is 0 Å². The molecule has 140 valence electrons. The van der Waals surface area contributed by atoms with Crippen LogP contribution in [0.2, 0.25) is 5.15 Å². The van der Waals surface area contributed by atoms with Gasteiger partial charge in [0, 0.05) is 32.2 Å². The highest BCUT2D eigenvalue weighted by atomic mass is 35.5. The molecule has 0 bridgehead atoms. The topological polar surface area (TPSA) is 75.6 Å². The van der Waals surface area contributed by atoms with Crippen molar-refractivity contribution in [2.24, 2.45) is 0 Å². The first-order valence-corrected chi connectivity index (χ1v) is 10.2. The fourth-order valence-electron chi connectivity index (χ4n) is 2.86. The Morgan fingerprint density at radius 1 is 1.12 bits per heavy atom. The largest absolute Gasteiger partial charge is 0.494 e. The maximum absolute atomic E-state index is 12.8. The number of benzene rings is 1. The van der Waals surface area contributed by atoms with Gasteiger partial charge in [-0.15, -0.1) is 0 Å². The van der Waals surface area contributed by atoms with Gasteiger partial charge in [-0.3, -0.25) is 0 Å². The zero-order chi connectivity index (χ0) is 18.7. The minimum absolute atomic E-state index is 0.273. The van der Waals surface area contributed by atoms with Crippen molar-refractivity contribution in [2.75, 3.05) is 37.7 Å². The SMILES string of the molecule is CCOc1ccc(S(=O)(=O)N2CCN(c3cc(Cl)nc(C)n3)CC2)cc1. The molecule has 3 rings (SSSR count). The van der Waals surface area contributed by atoms with E-state index >= 15 is 0 Å². The standard InChI is InChI=1S/C17H21ClN4O3S/c1-3-25-14-4-6-15(7-5-14)26(23,24)22-10-8-21(9-11-22)17-12-16(18)19-13(2)20-17/h4-7,12H,3,8-11H2,1-2H3. The minimum Gasteiger partial charge on any atom is -0.494 e. The molecule has 1 fully saturated rings. The van der Waals surface area contributed by atoms with E-state index < -0.39 is 10.0 Å². The number of hydrogen-bond donors (Lipinski definition) is 0. The maximum atomic E-state index is 12.8. The van der Waals surface area contributed by atoms with Crippen LogP contribution in [0.3, 0.4) is 0 Å². The molecule has 0 atom stereocenters. The van der Waals surface area contributed by atoms with Crippen LogP contribution in [0.1, 0.15) is 12.7 Å². The van der Waals surface area contributed by atoms with Crippen molar-refractivity contribution in [1.82, 2.24) is 14.3 Å². The molecule has 0 amide bonds. The van der Waals surface area contributed by atoms with Gasteiger partial charge in [-0.25, -0.2) is 18.4 Å². The van der Waals surface area contributed by atoms with Crippen LogP contribution in [0.25, 0.3) is 0 Å². The molecule has 7 nitrogen and oxygen atoms in total. The number of sulfonamides is 1. The van der Waals surface area contributed by atoms with E-state index in [-0.39, 0.29) is 4.90 Å². The number of aryl methyl sites for hydroxylation is 1. The second-order valence-corrected chi connectivity index (χ2v) is 8.22. The van der Waals surface area contributed by atoms with E-state index in [4.69, 9.17) is 16.3 Å². The summed E-state index contributed by atoms with van der Waals surface area (Å²) in [5.74, 6) is 1.98. The Bertz CT molecular complexity index is 846. The third kappa shape index (κ3) is 4.08. The molecule has 0 saturated carbocycles. The van der Waals surface area contributed by atoms with Crippen LogP contribution in [-0.2, 0) is 10.0 Å². The van der Waals surface area contributed by atoms with Crippen molar-refractivity contribution in [3.63, 3.8) is 0 Å². The van der Waals surface area contributed by atoms with Crippen LogP contribution in [0.4, 0.5) is 5.82 Å². The average molecular weight is 397 g/mol. The molecule has 1 aliphatic rings. The van der Waals surface area contributed by atoms with Crippen molar-refractivity contribution < 1.29 is 13.2 Å². The van der Waals surface area contributed by atoms with E-state index in [2.05, 4.69) is 9.97 Å². The van der Waals surface area contributed by atoms with Gasteiger partial charge in [-0.05, 0) is 38.1 Å². The molecular weight excluding hydrogens is 376 g/mol. The van der Waals surface area contributed by atoms with Gasteiger partial charge in [0.05, 0.1) is 11.5 Å². The molecule has 0 N–H and O–H groups in total. The zero-order valence-corrected chi connectivity index (χ0v) is 16.3. The second kappa shape index (κ2) is 7.77. The summed E-state index contributed by atoms with van der Waals surface area (Å²) < 4.78 is 32.5. The van der Waals surface area contributed by atoms with Crippen molar-refractivity contribution in [3.8, 4) is 5.75 Å². The van der Waals surface area contributed by atoms with Gasteiger partial charge >= 0.3 is 0 Å². The summed E-state index contributed by atoms with van der Waals surface area (Å²) in [7, 11) is -3.52. The summed E-state index contributed by atoms with van der Waals surface area (Å²) in [4.78, 5) is 10.7. The minimum atomic E-state index is -3.52. The lowest BCUT2D eigenvalue weighted by Crippen LogP contribution is -2.49. The van der Waals surface area contributed by atoms with Gasteiger partial charge in [-0.2, -0.15) is 4.31 Å². The lowest BCUT2D eigenvalue weighted by molar-refractivity contribution is 0.340. The number of piperazine rings is 1. The van der Waals surface area contributed by atoms with Gasteiger partial charge in [0.2, 0.25) is 10.0 Å². The average Bonchev–Trinajstić information content (AvgIpc) is 2.62. The molecular formula is C17H21ClN4O3S. The van der Waals surface area contributed by atoms with E-state index in [0.29, 0.717) is 49.5 Å². The number of nitrogens with zero attached hydrogens (tertiary/aromatic N) is 4. The highest BCUT2D eigenvalue weighted by molar-refractivity contribution is 7.89. The van der Waals surface area contributed by atoms with Crippen LogP contribution >= 0.6 is 11.6 Å². The van der Waals surface area contributed by atoms with Crippen LogP contribution < -0.4 is 9.64 Å². The van der Waals surface area contributed by atoms with E-state index in [1.54, 1.807) is 37.3 Å². The zero-order valence-electron chi connectivity index (χ0n) is 14.7. The van der Waals surface area contributed by atoms with E-state index in [0.717, 1.165) is 5.82 Å². The number of hydrogen-bond acceptors (Lipinski definition) is 6. The molecule has 2 heterocycles. The summed E-state index contributed by atoms with van der Waals surface area (Å²) in [5, 5.41) is 0.386. The molecule has 1 aliphatic heterocycles. The Morgan fingerprint density at radius 2 is 1.77 bits per heavy atom. The fraction of sp³-hybridized carbons (Fsp3) is 0.412. The summed E-state index contributed by atoms with van der Waals surface area (Å²) in [6, 6.07) is 8.22. The number of aromatic nitrogens is 2. The molecule has 0 spiro atoms. The van der Waals surface area contributed by atoms with Crippen LogP contribution in [0, 0.1) is 6.92 Å². The number of halogens is 1. The number of rotatable bonds is 5. The smallest absolute Gasteiger partial charge is 0.243 e. The first kappa shape index (κ1) is 18.9. The molecule has 1 aromatic heterocycles. The highest BCUT2D eigenvalue weighted by Gasteiger charge is 2.29. The highest BCUT2D eigenvalue weighted by Crippen LogP contribution is 2.23. The van der Waals surface area contributed by atoms with Gasteiger partial charge < -0.3 is 9.64 Å². The van der Waals surface area contributed by atoms with Gasteiger partial charge in [-0.1, -0.05) is 11.6 Å². The first-order valence-electron chi connectivity index (χ1n) is 8.39. The molecule has 1 saturated heterocycles. The normalized spacial score (nSPS) is 15.9. The lowest BCUT2D eigenvalue weighted by atomic mass is 10.3. The third-order valence-corrected chi connectivity index (χ3v) is 6.23. The van der Waals surface area contributed by atoms with Crippen molar-refractivity contribution >= 4 is 27.4 Å². The summed E-state index contributed by atoms with van der Waals surface area (Å²) >= 11 is 5.99. The van der Waals surface area contributed by atoms with Gasteiger partial charge in [0.1, 0.15) is 22.5 Å². The molecule has 9 heteroatoms. The Morgan fingerprint density at radius 3 is 2.35 bits per heavy atom. The number of ether oxygens (including phenoxy) is 1. The first-order chi connectivity index (χ1) is 12.4. The summed E-state index contributed by atoms with van der Waals surface area (Å²) in [6.45, 7) is 6.07. The van der Waals surface area contributed by atoms with Crippen molar-refractivity contribution in [3.05, 3.63) is 41.3 Å². The molecule has 1 aromatic carbocycles. The van der Waals surface area contributed by atoms with Crippen LogP contribution in [0.15, 0.2) is 35.2 Å². The molecule has 0 radical (unpaired) electrons.